The maximum Gasteiger partial charge on any atom is 0.160 e. The largest absolute Gasteiger partial charge is 0.309 e. The van der Waals surface area contributed by atoms with E-state index in [0.717, 1.165) is 50.0 Å². The van der Waals surface area contributed by atoms with Crippen LogP contribution in [-0.4, -0.2) is 19.1 Å². The summed E-state index contributed by atoms with van der Waals surface area (Å²) in [6, 6.07) is 74.9. The summed E-state index contributed by atoms with van der Waals surface area (Å²) in [5.74, 6) is 0.722. The molecule has 0 saturated carbocycles. The van der Waals surface area contributed by atoms with Gasteiger partial charge in [-0.05, 0) is 70.8 Å². The van der Waals surface area contributed by atoms with E-state index >= 15 is 0 Å². The third-order valence-electron chi connectivity index (χ3n) is 13.1. The van der Waals surface area contributed by atoms with Crippen molar-refractivity contribution in [3.8, 4) is 34.0 Å². The van der Waals surface area contributed by atoms with Crippen molar-refractivity contribution in [2.45, 2.75) is 0 Å². The number of hydrogen-bond acceptors (Lipinski definition) is 3. The number of rotatable bonds is 4. The minimum atomic E-state index is 0.722. The summed E-state index contributed by atoms with van der Waals surface area (Å²) in [6.45, 7) is 0. The van der Waals surface area contributed by atoms with Gasteiger partial charge in [0.25, 0.3) is 0 Å². The van der Waals surface area contributed by atoms with Crippen molar-refractivity contribution in [1.82, 2.24) is 19.1 Å². The lowest BCUT2D eigenvalue weighted by atomic mass is 10.0. The number of nitrogens with zero attached hydrogens (tertiary/aromatic N) is 4. The molecule has 0 aliphatic carbocycles. The van der Waals surface area contributed by atoms with Gasteiger partial charge in [0.1, 0.15) is 0 Å². The second-order valence-corrected chi connectivity index (χ2v) is 17.6. The number of fused-ring (bicyclic) bond motifs is 12. The average Bonchev–Trinajstić information content (AvgIpc) is 4.00. The van der Waals surface area contributed by atoms with Crippen LogP contribution in [0.15, 0.2) is 206 Å². The molecule has 4 aromatic heterocycles. The fourth-order valence-corrected chi connectivity index (χ4v) is 11.5. The Kier molecular flexibility index (Phi) is 7.24. The van der Waals surface area contributed by atoms with E-state index in [-0.39, 0.29) is 0 Å². The van der Waals surface area contributed by atoms with Gasteiger partial charge in [-0.2, -0.15) is 0 Å². The molecule has 0 radical (unpaired) electrons. The van der Waals surface area contributed by atoms with Gasteiger partial charge in [-0.15, -0.1) is 11.3 Å². The topological polar surface area (TPSA) is 35.6 Å². The monoisotopic (exact) mass is 818 g/mol. The van der Waals surface area contributed by atoms with Crippen molar-refractivity contribution in [3.05, 3.63) is 206 Å². The van der Waals surface area contributed by atoms with Gasteiger partial charge in [-0.25, -0.2) is 9.97 Å². The Labute approximate surface area is 365 Å². The van der Waals surface area contributed by atoms with E-state index in [2.05, 4.69) is 215 Å². The van der Waals surface area contributed by atoms with E-state index in [9.17, 15) is 0 Å². The SMILES string of the molecule is c1ccc2c(-n3c4ccccc4c4ccccc43)c3c4ccccc4n(-c4ccc5cc(-c6nc(-c7cccc8c7sc7ccccc78)c7ccccc7n6)ccc5c4)c3cc2c1. The molecule has 0 aliphatic rings. The normalized spacial score (nSPS) is 12.1. The second-order valence-electron chi connectivity index (χ2n) is 16.5. The minimum Gasteiger partial charge on any atom is -0.309 e. The van der Waals surface area contributed by atoms with Crippen LogP contribution in [0.2, 0.25) is 0 Å². The fourth-order valence-electron chi connectivity index (χ4n) is 10.3. The number of para-hydroxylation sites is 4. The predicted molar refractivity (Wildman–Crippen MR) is 267 cm³/mol. The number of hydrogen-bond donors (Lipinski definition) is 0. The lowest BCUT2D eigenvalue weighted by molar-refractivity contribution is 1.18. The van der Waals surface area contributed by atoms with Crippen molar-refractivity contribution in [2.24, 2.45) is 0 Å². The predicted octanol–water partition coefficient (Wildman–Crippen LogP) is 15.8. The van der Waals surface area contributed by atoms with Gasteiger partial charge in [-0.1, -0.05) is 152 Å². The van der Waals surface area contributed by atoms with Gasteiger partial charge in [0.2, 0.25) is 0 Å². The molecule has 292 valence electrons. The Morgan fingerprint density at radius 3 is 1.81 bits per heavy atom. The van der Waals surface area contributed by atoms with Gasteiger partial charge in [0.05, 0.1) is 39.0 Å². The molecule has 5 heteroatoms. The Bertz CT molecular complexity index is 4170. The first-order chi connectivity index (χ1) is 31.2. The Morgan fingerprint density at radius 2 is 1.00 bits per heavy atom. The summed E-state index contributed by atoms with van der Waals surface area (Å²) in [4.78, 5) is 10.5. The molecule has 0 spiro atoms. The fraction of sp³-hybridized carbons (Fsp3) is 0. The molecule has 14 rings (SSSR count). The van der Waals surface area contributed by atoms with Crippen molar-refractivity contribution < 1.29 is 0 Å². The first-order valence-corrected chi connectivity index (χ1v) is 22.2. The summed E-state index contributed by atoms with van der Waals surface area (Å²) in [7, 11) is 0. The summed E-state index contributed by atoms with van der Waals surface area (Å²) >= 11 is 1.83. The van der Waals surface area contributed by atoms with Crippen molar-refractivity contribution >= 4 is 108 Å². The number of aromatic nitrogens is 4. The van der Waals surface area contributed by atoms with Crippen LogP contribution < -0.4 is 0 Å². The first kappa shape index (κ1) is 34.6. The Morgan fingerprint density at radius 1 is 0.381 bits per heavy atom. The quantitative estimate of drug-likeness (QED) is 0.177. The van der Waals surface area contributed by atoms with E-state index in [1.165, 1.54) is 80.2 Å². The summed E-state index contributed by atoms with van der Waals surface area (Å²) in [6.07, 6.45) is 0. The summed E-state index contributed by atoms with van der Waals surface area (Å²) in [5.41, 5.74) is 11.1. The van der Waals surface area contributed by atoms with Crippen LogP contribution in [0.5, 0.6) is 0 Å². The minimum absolute atomic E-state index is 0.722. The summed E-state index contributed by atoms with van der Waals surface area (Å²) in [5, 5.41) is 13.3. The highest BCUT2D eigenvalue weighted by atomic mass is 32.1. The van der Waals surface area contributed by atoms with E-state index in [1.54, 1.807) is 0 Å². The average molecular weight is 819 g/mol. The zero-order valence-electron chi connectivity index (χ0n) is 33.8. The molecule has 0 fully saturated rings. The van der Waals surface area contributed by atoms with Crippen molar-refractivity contribution in [1.29, 1.82) is 0 Å². The van der Waals surface area contributed by atoms with Crippen molar-refractivity contribution in [3.63, 3.8) is 0 Å². The lowest BCUT2D eigenvalue weighted by Crippen LogP contribution is -1.98. The molecule has 0 aliphatic heterocycles. The molecule has 10 aromatic carbocycles. The van der Waals surface area contributed by atoms with Crippen LogP contribution in [0.1, 0.15) is 0 Å². The third kappa shape index (κ3) is 5.03. The molecule has 63 heavy (non-hydrogen) atoms. The third-order valence-corrected chi connectivity index (χ3v) is 14.3. The van der Waals surface area contributed by atoms with Gasteiger partial charge in [0, 0.05) is 69.3 Å². The molecule has 0 atom stereocenters. The first-order valence-electron chi connectivity index (χ1n) is 21.4. The van der Waals surface area contributed by atoms with Gasteiger partial charge in [-0.3, -0.25) is 0 Å². The summed E-state index contributed by atoms with van der Waals surface area (Å²) < 4.78 is 7.48. The highest BCUT2D eigenvalue weighted by Gasteiger charge is 2.23. The molecule has 0 unspecified atom stereocenters. The van der Waals surface area contributed by atoms with Gasteiger partial charge < -0.3 is 9.13 Å². The zero-order chi connectivity index (χ0) is 41.2. The van der Waals surface area contributed by atoms with E-state index < -0.39 is 0 Å². The molecule has 14 aromatic rings. The van der Waals surface area contributed by atoms with Crippen LogP contribution in [-0.2, 0) is 0 Å². The van der Waals surface area contributed by atoms with Crippen LogP contribution in [0.25, 0.3) is 130 Å². The van der Waals surface area contributed by atoms with Crippen LogP contribution in [0, 0.1) is 0 Å². The van der Waals surface area contributed by atoms with E-state index in [1.807, 2.05) is 11.3 Å². The number of thiophene rings is 1. The molecule has 4 nitrogen and oxygen atoms in total. The van der Waals surface area contributed by atoms with Crippen molar-refractivity contribution in [2.75, 3.05) is 0 Å². The van der Waals surface area contributed by atoms with Gasteiger partial charge >= 0.3 is 0 Å². The molecular formula is C58H34N4S. The molecule has 0 amide bonds. The highest BCUT2D eigenvalue weighted by molar-refractivity contribution is 7.26. The molecule has 4 heterocycles. The Balaban J connectivity index is 0.961. The maximum atomic E-state index is 5.38. The van der Waals surface area contributed by atoms with Crippen LogP contribution in [0.3, 0.4) is 0 Å². The second kappa shape index (κ2) is 13.2. The highest BCUT2D eigenvalue weighted by Crippen LogP contribution is 2.45. The molecule has 0 bridgehead atoms. The molecule has 0 saturated heterocycles. The molecule has 0 N–H and O–H groups in total. The lowest BCUT2D eigenvalue weighted by Gasteiger charge is -2.15. The Hall–Kier alpha value is -8.12. The van der Waals surface area contributed by atoms with Crippen LogP contribution >= 0.6 is 11.3 Å². The smallest absolute Gasteiger partial charge is 0.160 e. The van der Waals surface area contributed by atoms with E-state index in [0.29, 0.717) is 0 Å². The maximum absolute atomic E-state index is 5.38. The zero-order valence-corrected chi connectivity index (χ0v) is 34.6. The van der Waals surface area contributed by atoms with Gasteiger partial charge in [0.15, 0.2) is 5.82 Å². The van der Waals surface area contributed by atoms with Crippen LogP contribution in [0.4, 0.5) is 0 Å². The molecular weight excluding hydrogens is 785 g/mol. The van der Waals surface area contributed by atoms with E-state index in [4.69, 9.17) is 9.97 Å². The standard InChI is InChI=1S/C58H34N4S/c1-2-15-40-37(14-1)34-52-54(56(40)62-49-24-9-4-16-41(49)42-17-5-10-25-50(42)62)46-20-6-11-26-51(46)61(52)39-31-30-35-32-38(29-28-36(35)33-39)58-59-48-23-8-3-19-45(48)55(60-58)47-22-13-21-44-43-18-7-12-27-53(43)63-57(44)47/h1-34H. The number of benzene rings is 10.